The Kier molecular flexibility index (Phi) is 6.19. The third-order valence-corrected chi connectivity index (χ3v) is 5.62. The number of rotatable bonds is 5. The van der Waals surface area contributed by atoms with Gasteiger partial charge >= 0.3 is 0 Å². The first-order chi connectivity index (χ1) is 12.7. The molecule has 0 radical (unpaired) electrons. The summed E-state index contributed by atoms with van der Waals surface area (Å²) < 4.78 is 38.3. The minimum atomic E-state index is -3.70. The van der Waals surface area contributed by atoms with Gasteiger partial charge in [-0.2, -0.15) is 0 Å². The lowest BCUT2D eigenvalue weighted by Gasteiger charge is -2.25. The minimum Gasteiger partial charge on any atom is -0.488 e. The van der Waals surface area contributed by atoms with Crippen LogP contribution in [0.25, 0.3) is 0 Å². The summed E-state index contributed by atoms with van der Waals surface area (Å²) in [7, 11) is -3.70. The third kappa shape index (κ3) is 5.99. The van der Waals surface area contributed by atoms with Gasteiger partial charge in [-0.25, -0.2) is 8.42 Å². The molecule has 0 amide bonds. The Hall–Kier alpha value is -2.01. The molecule has 2 rings (SSSR count). The van der Waals surface area contributed by atoms with E-state index in [0.29, 0.717) is 17.4 Å². The predicted octanol–water partition coefficient (Wildman–Crippen LogP) is 6.00. The molecule has 0 fully saturated rings. The summed E-state index contributed by atoms with van der Waals surface area (Å²) in [5, 5.41) is 0. The fourth-order valence-electron chi connectivity index (χ4n) is 2.69. The van der Waals surface area contributed by atoms with E-state index in [9.17, 15) is 8.42 Å². The van der Waals surface area contributed by atoms with Gasteiger partial charge in [0.05, 0.1) is 9.79 Å². The van der Waals surface area contributed by atoms with Crippen LogP contribution >= 0.6 is 0 Å². The second kappa shape index (κ2) is 7.78. The van der Waals surface area contributed by atoms with Crippen LogP contribution in [-0.2, 0) is 9.84 Å². The molecule has 5 heteroatoms. The van der Waals surface area contributed by atoms with Crippen LogP contribution in [0.15, 0.2) is 52.3 Å². The average molecular weight is 405 g/mol. The fourth-order valence-corrected chi connectivity index (χ4v) is 4.00. The number of hydrogen-bond donors (Lipinski definition) is 0. The van der Waals surface area contributed by atoms with Gasteiger partial charge in [-0.3, -0.25) is 0 Å². The molecule has 0 aliphatic carbocycles. The van der Waals surface area contributed by atoms with E-state index in [-0.39, 0.29) is 9.79 Å². The van der Waals surface area contributed by atoms with Gasteiger partial charge in [-0.1, -0.05) is 26.0 Å². The van der Waals surface area contributed by atoms with Gasteiger partial charge in [0.2, 0.25) is 9.84 Å². The van der Waals surface area contributed by atoms with Crippen molar-refractivity contribution >= 4 is 9.84 Å². The zero-order chi connectivity index (χ0) is 21.3. The summed E-state index contributed by atoms with van der Waals surface area (Å²) in [6.07, 6.45) is 0. The molecule has 0 spiro atoms. The van der Waals surface area contributed by atoms with Crippen molar-refractivity contribution in [1.29, 1.82) is 0 Å². The number of ether oxygens (including phenoxy) is 2. The van der Waals surface area contributed by atoms with Crippen molar-refractivity contribution in [2.45, 2.75) is 82.3 Å². The summed E-state index contributed by atoms with van der Waals surface area (Å²) in [5.74, 6) is 1.27. The molecule has 0 atom stereocenters. The van der Waals surface area contributed by atoms with Crippen LogP contribution in [0, 0.1) is 0 Å². The lowest BCUT2D eigenvalue weighted by molar-refractivity contribution is 0.120. The van der Waals surface area contributed by atoms with E-state index < -0.39 is 21.0 Å². The van der Waals surface area contributed by atoms with Crippen molar-refractivity contribution in [3.63, 3.8) is 0 Å². The van der Waals surface area contributed by atoms with Gasteiger partial charge in [-0.15, -0.1) is 0 Å². The van der Waals surface area contributed by atoms with Crippen LogP contribution in [0.1, 0.15) is 66.9 Å². The van der Waals surface area contributed by atoms with Crippen LogP contribution in [0.5, 0.6) is 11.5 Å². The van der Waals surface area contributed by atoms with E-state index in [1.165, 1.54) is 0 Å². The second-order valence-corrected chi connectivity index (χ2v) is 11.2. The first kappa shape index (κ1) is 22.3. The first-order valence-corrected chi connectivity index (χ1v) is 11.0. The Morgan fingerprint density at radius 2 is 1.14 bits per heavy atom. The highest BCUT2D eigenvalue weighted by Gasteiger charge is 2.23. The smallest absolute Gasteiger partial charge is 0.206 e. The molecular weight excluding hydrogens is 372 g/mol. The number of benzene rings is 2. The van der Waals surface area contributed by atoms with E-state index in [1.807, 2.05) is 53.7 Å². The van der Waals surface area contributed by atoms with E-state index in [2.05, 4.69) is 13.8 Å². The quantitative estimate of drug-likeness (QED) is 0.613. The molecule has 0 heterocycles. The maximum atomic E-state index is 13.2. The summed E-state index contributed by atoms with van der Waals surface area (Å²) in [5.41, 5.74) is 0.182. The van der Waals surface area contributed by atoms with Gasteiger partial charge in [0, 0.05) is 6.07 Å². The van der Waals surface area contributed by atoms with Crippen molar-refractivity contribution < 1.29 is 17.9 Å². The molecule has 2 aromatic carbocycles. The third-order valence-electron chi connectivity index (χ3n) is 3.87. The lowest BCUT2D eigenvalue weighted by atomic mass is 10.0. The van der Waals surface area contributed by atoms with Gasteiger partial charge in [0.1, 0.15) is 22.7 Å². The Balaban J connectivity index is 2.54. The molecule has 0 unspecified atom stereocenters. The van der Waals surface area contributed by atoms with Crippen molar-refractivity contribution in [3.05, 3.63) is 48.0 Å². The Labute approximate surface area is 169 Å². The van der Waals surface area contributed by atoms with Crippen molar-refractivity contribution in [2.75, 3.05) is 0 Å². The maximum Gasteiger partial charge on any atom is 0.206 e. The molecule has 2 aromatic rings. The normalized spacial score (nSPS) is 12.9. The molecule has 28 heavy (non-hydrogen) atoms. The molecular formula is C23H32O4S. The maximum absolute atomic E-state index is 13.2. The molecule has 0 bridgehead atoms. The highest BCUT2D eigenvalue weighted by atomic mass is 32.2. The topological polar surface area (TPSA) is 52.6 Å². The van der Waals surface area contributed by atoms with Crippen LogP contribution in [0.2, 0.25) is 0 Å². The van der Waals surface area contributed by atoms with Crippen LogP contribution in [0.3, 0.4) is 0 Å². The van der Waals surface area contributed by atoms with Gasteiger partial charge in [-0.05, 0) is 77.3 Å². The van der Waals surface area contributed by atoms with E-state index in [1.54, 1.807) is 30.3 Å². The van der Waals surface area contributed by atoms with Crippen LogP contribution in [0.4, 0.5) is 0 Å². The predicted molar refractivity (Wildman–Crippen MR) is 113 cm³/mol. The van der Waals surface area contributed by atoms with E-state index in [4.69, 9.17) is 9.47 Å². The zero-order valence-electron chi connectivity index (χ0n) is 18.2. The van der Waals surface area contributed by atoms with Crippen molar-refractivity contribution in [1.82, 2.24) is 0 Å². The van der Waals surface area contributed by atoms with Crippen molar-refractivity contribution in [2.24, 2.45) is 0 Å². The molecule has 0 saturated carbocycles. The molecule has 0 N–H and O–H groups in total. The van der Waals surface area contributed by atoms with Crippen LogP contribution in [-0.4, -0.2) is 19.6 Å². The highest BCUT2D eigenvalue weighted by molar-refractivity contribution is 7.91. The van der Waals surface area contributed by atoms with E-state index in [0.717, 1.165) is 5.56 Å². The standard InChI is InChI=1S/C23H32O4S/c1-16(2)17-9-11-20(12-10-17)28(24,25)21-14-18(26-22(3,4)5)13-19(15-21)27-23(6,7)8/h9-16H,1-8H3. The zero-order valence-corrected chi connectivity index (χ0v) is 19.0. The minimum absolute atomic E-state index is 0.158. The molecule has 0 saturated heterocycles. The van der Waals surface area contributed by atoms with Gasteiger partial charge in [0.25, 0.3) is 0 Å². The number of sulfone groups is 1. The largest absolute Gasteiger partial charge is 0.488 e. The molecule has 0 aromatic heterocycles. The highest BCUT2D eigenvalue weighted by Crippen LogP contribution is 2.33. The van der Waals surface area contributed by atoms with Crippen LogP contribution < -0.4 is 9.47 Å². The van der Waals surface area contributed by atoms with Gasteiger partial charge in [0.15, 0.2) is 0 Å². The first-order valence-electron chi connectivity index (χ1n) is 9.55. The number of hydrogen-bond acceptors (Lipinski definition) is 4. The van der Waals surface area contributed by atoms with E-state index >= 15 is 0 Å². The summed E-state index contributed by atoms with van der Waals surface area (Å²) in [6.45, 7) is 15.7. The fraction of sp³-hybridized carbons (Fsp3) is 0.478. The Morgan fingerprint density at radius 1 is 0.714 bits per heavy atom. The summed E-state index contributed by atoms with van der Waals surface area (Å²) in [4.78, 5) is 0.414. The lowest BCUT2D eigenvalue weighted by Crippen LogP contribution is -2.24. The molecule has 0 aliphatic rings. The monoisotopic (exact) mass is 404 g/mol. The average Bonchev–Trinajstić information content (AvgIpc) is 2.51. The molecule has 4 nitrogen and oxygen atoms in total. The molecule has 0 aliphatic heterocycles. The molecule has 154 valence electrons. The van der Waals surface area contributed by atoms with Crippen molar-refractivity contribution in [3.8, 4) is 11.5 Å². The summed E-state index contributed by atoms with van der Waals surface area (Å²) >= 11 is 0. The SMILES string of the molecule is CC(C)c1ccc(S(=O)(=O)c2cc(OC(C)(C)C)cc(OC(C)(C)C)c2)cc1. The Bertz CT molecular complexity index is 878. The Morgan fingerprint density at radius 3 is 1.50 bits per heavy atom. The summed E-state index contributed by atoms with van der Waals surface area (Å²) in [6, 6.07) is 11.9. The van der Waals surface area contributed by atoms with Gasteiger partial charge < -0.3 is 9.47 Å². The second-order valence-electron chi connectivity index (χ2n) is 9.30.